The molecule has 0 spiro atoms. The van der Waals surface area contributed by atoms with E-state index in [0.29, 0.717) is 16.1 Å². The number of hydrogen-bond acceptors (Lipinski definition) is 2. The predicted molar refractivity (Wildman–Crippen MR) is 67.0 cm³/mol. The zero-order valence-electron chi connectivity index (χ0n) is 8.85. The molecule has 2 rings (SSSR count). The van der Waals surface area contributed by atoms with Gasteiger partial charge in [0.2, 0.25) is 0 Å². The van der Waals surface area contributed by atoms with Crippen LogP contribution in [-0.2, 0) is 0 Å². The molecule has 0 bridgehead atoms. The highest BCUT2D eigenvalue weighted by molar-refractivity contribution is 6.31. The molecule has 3 heteroatoms. The normalized spacial score (nSPS) is 9.65. The minimum atomic E-state index is 0.520. The lowest BCUT2D eigenvalue weighted by molar-refractivity contribution is 0.112. The standard InChI is InChI=1S/C14H8ClNO/c15-14-6-11(8-16)5-13(7-14)12-3-1-10(9-17)2-4-12/h1-7,9H. The summed E-state index contributed by atoms with van der Waals surface area (Å²) in [6.07, 6.45) is 0.794. The number of benzene rings is 2. The molecular formula is C14H8ClNO. The summed E-state index contributed by atoms with van der Waals surface area (Å²) in [6.45, 7) is 0. The van der Waals surface area contributed by atoms with Crippen LogP contribution in [0.3, 0.4) is 0 Å². The minimum Gasteiger partial charge on any atom is -0.298 e. The van der Waals surface area contributed by atoms with E-state index in [0.717, 1.165) is 17.4 Å². The van der Waals surface area contributed by atoms with Crippen LogP contribution in [0.15, 0.2) is 42.5 Å². The van der Waals surface area contributed by atoms with Gasteiger partial charge >= 0.3 is 0 Å². The molecule has 0 saturated carbocycles. The Kier molecular flexibility index (Phi) is 3.22. The Morgan fingerprint density at radius 2 is 1.76 bits per heavy atom. The van der Waals surface area contributed by atoms with E-state index in [-0.39, 0.29) is 0 Å². The number of nitriles is 1. The van der Waals surface area contributed by atoms with Crippen molar-refractivity contribution in [3.63, 3.8) is 0 Å². The van der Waals surface area contributed by atoms with Gasteiger partial charge in [-0.15, -0.1) is 0 Å². The van der Waals surface area contributed by atoms with Crippen LogP contribution in [0, 0.1) is 11.3 Å². The Hall–Kier alpha value is -2.11. The molecule has 82 valence electrons. The van der Waals surface area contributed by atoms with Crippen LogP contribution in [0.4, 0.5) is 0 Å². The van der Waals surface area contributed by atoms with Crippen LogP contribution < -0.4 is 0 Å². The van der Waals surface area contributed by atoms with Crippen molar-refractivity contribution in [1.29, 1.82) is 5.26 Å². The molecule has 0 amide bonds. The number of hydrogen-bond donors (Lipinski definition) is 0. The van der Waals surface area contributed by atoms with Gasteiger partial charge in [0.1, 0.15) is 6.29 Å². The van der Waals surface area contributed by atoms with E-state index >= 15 is 0 Å². The molecule has 17 heavy (non-hydrogen) atoms. The number of halogens is 1. The maximum absolute atomic E-state index is 10.5. The van der Waals surface area contributed by atoms with Crippen LogP contribution in [0.2, 0.25) is 5.02 Å². The van der Waals surface area contributed by atoms with Gasteiger partial charge in [-0.3, -0.25) is 4.79 Å². The topological polar surface area (TPSA) is 40.9 Å². The van der Waals surface area contributed by atoms with Gasteiger partial charge in [-0.2, -0.15) is 5.26 Å². The van der Waals surface area contributed by atoms with Gasteiger partial charge in [-0.25, -0.2) is 0 Å². The molecule has 0 saturated heterocycles. The average molecular weight is 242 g/mol. The van der Waals surface area contributed by atoms with E-state index in [1.165, 1.54) is 0 Å². The van der Waals surface area contributed by atoms with Gasteiger partial charge < -0.3 is 0 Å². The third-order valence-corrected chi connectivity index (χ3v) is 2.63. The summed E-state index contributed by atoms with van der Waals surface area (Å²) in [5.74, 6) is 0. The first kappa shape index (κ1) is 11.4. The SMILES string of the molecule is N#Cc1cc(Cl)cc(-c2ccc(C=O)cc2)c1. The number of carbonyl (C=O) groups excluding carboxylic acids is 1. The summed E-state index contributed by atoms with van der Waals surface area (Å²) < 4.78 is 0. The molecular weight excluding hydrogens is 234 g/mol. The second kappa shape index (κ2) is 4.82. The van der Waals surface area contributed by atoms with Gasteiger partial charge in [-0.1, -0.05) is 35.9 Å². The number of rotatable bonds is 2. The average Bonchev–Trinajstić information content (AvgIpc) is 2.38. The van der Waals surface area contributed by atoms with Crippen molar-refractivity contribution in [2.24, 2.45) is 0 Å². The highest BCUT2D eigenvalue weighted by Gasteiger charge is 2.02. The van der Waals surface area contributed by atoms with Gasteiger partial charge in [0.25, 0.3) is 0 Å². The summed E-state index contributed by atoms with van der Waals surface area (Å²) in [7, 11) is 0. The predicted octanol–water partition coefficient (Wildman–Crippen LogP) is 3.69. The molecule has 0 aliphatic heterocycles. The van der Waals surface area contributed by atoms with Crippen molar-refractivity contribution < 1.29 is 4.79 Å². The Morgan fingerprint density at radius 1 is 1.06 bits per heavy atom. The third-order valence-electron chi connectivity index (χ3n) is 2.41. The second-order valence-electron chi connectivity index (χ2n) is 3.58. The smallest absolute Gasteiger partial charge is 0.150 e. The van der Waals surface area contributed by atoms with Crippen molar-refractivity contribution in [2.45, 2.75) is 0 Å². The van der Waals surface area contributed by atoms with Crippen LogP contribution in [0.25, 0.3) is 11.1 Å². The first-order valence-corrected chi connectivity index (χ1v) is 5.37. The Bertz CT molecular complexity index is 597. The fourth-order valence-electron chi connectivity index (χ4n) is 1.57. The number of carbonyl (C=O) groups is 1. The lowest BCUT2D eigenvalue weighted by Gasteiger charge is -2.03. The fourth-order valence-corrected chi connectivity index (χ4v) is 1.81. The largest absolute Gasteiger partial charge is 0.298 e. The van der Waals surface area contributed by atoms with Gasteiger partial charge in [0.05, 0.1) is 11.6 Å². The summed E-state index contributed by atoms with van der Waals surface area (Å²) in [6, 6.07) is 14.4. The van der Waals surface area contributed by atoms with Crippen molar-refractivity contribution in [3.8, 4) is 17.2 Å². The highest BCUT2D eigenvalue weighted by Crippen LogP contribution is 2.24. The van der Waals surface area contributed by atoms with E-state index in [9.17, 15) is 4.79 Å². The Morgan fingerprint density at radius 3 is 2.35 bits per heavy atom. The Labute approximate surface area is 104 Å². The molecule has 0 aromatic heterocycles. The van der Waals surface area contributed by atoms with E-state index in [4.69, 9.17) is 16.9 Å². The van der Waals surface area contributed by atoms with Crippen LogP contribution in [0.5, 0.6) is 0 Å². The van der Waals surface area contributed by atoms with Gasteiger partial charge in [0, 0.05) is 10.6 Å². The second-order valence-corrected chi connectivity index (χ2v) is 4.02. The molecule has 0 fully saturated rings. The molecule has 0 unspecified atom stereocenters. The third kappa shape index (κ3) is 2.52. The Balaban J connectivity index is 2.48. The van der Waals surface area contributed by atoms with Crippen molar-refractivity contribution in [3.05, 3.63) is 58.6 Å². The number of nitrogens with zero attached hydrogens (tertiary/aromatic N) is 1. The lowest BCUT2D eigenvalue weighted by atomic mass is 10.0. The molecule has 2 aromatic carbocycles. The van der Waals surface area contributed by atoms with E-state index in [1.54, 1.807) is 30.3 Å². The van der Waals surface area contributed by atoms with E-state index in [1.807, 2.05) is 12.1 Å². The fraction of sp³-hybridized carbons (Fsp3) is 0. The first-order chi connectivity index (χ1) is 8.22. The van der Waals surface area contributed by atoms with Crippen LogP contribution in [-0.4, -0.2) is 6.29 Å². The van der Waals surface area contributed by atoms with Crippen LogP contribution in [0.1, 0.15) is 15.9 Å². The minimum absolute atomic E-state index is 0.520. The van der Waals surface area contributed by atoms with Crippen molar-refractivity contribution in [2.75, 3.05) is 0 Å². The summed E-state index contributed by atoms with van der Waals surface area (Å²) >= 11 is 5.93. The first-order valence-electron chi connectivity index (χ1n) is 4.99. The van der Waals surface area contributed by atoms with Crippen molar-refractivity contribution in [1.82, 2.24) is 0 Å². The van der Waals surface area contributed by atoms with E-state index in [2.05, 4.69) is 6.07 Å². The molecule has 0 heterocycles. The number of aldehydes is 1. The molecule has 0 radical (unpaired) electrons. The molecule has 2 nitrogen and oxygen atoms in total. The van der Waals surface area contributed by atoms with Crippen LogP contribution >= 0.6 is 11.6 Å². The molecule has 0 N–H and O–H groups in total. The maximum Gasteiger partial charge on any atom is 0.150 e. The zero-order valence-corrected chi connectivity index (χ0v) is 9.61. The molecule has 2 aromatic rings. The summed E-state index contributed by atoms with van der Waals surface area (Å²) in [5, 5.41) is 9.39. The maximum atomic E-state index is 10.5. The molecule has 0 atom stereocenters. The monoisotopic (exact) mass is 241 g/mol. The summed E-state index contributed by atoms with van der Waals surface area (Å²) in [4.78, 5) is 10.5. The molecule has 0 aliphatic rings. The van der Waals surface area contributed by atoms with Crippen molar-refractivity contribution >= 4 is 17.9 Å². The van der Waals surface area contributed by atoms with E-state index < -0.39 is 0 Å². The lowest BCUT2D eigenvalue weighted by Crippen LogP contribution is -1.83. The highest BCUT2D eigenvalue weighted by atomic mass is 35.5. The van der Waals surface area contributed by atoms with Gasteiger partial charge in [0.15, 0.2) is 0 Å². The summed E-state index contributed by atoms with van der Waals surface area (Å²) in [5.41, 5.74) is 2.93. The van der Waals surface area contributed by atoms with Gasteiger partial charge in [-0.05, 0) is 29.3 Å². The quantitative estimate of drug-likeness (QED) is 0.753. The molecule has 0 aliphatic carbocycles. The zero-order chi connectivity index (χ0) is 12.3.